The number of carbonyl (C=O) groups excluding carboxylic acids is 4. The Kier molecular flexibility index (Phi) is 10.8. The number of aromatic nitrogens is 1. The van der Waals surface area contributed by atoms with Crippen molar-refractivity contribution < 1.29 is 38.1 Å². The Morgan fingerprint density at radius 2 is 2.00 bits per heavy atom. The quantitative estimate of drug-likeness (QED) is 0.303. The molecule has 1 aromatic heterocycles. The first kappa shape index (κ1) is 35.7. The molecule has 1 saturated heterocycles. The van der Waals surface area contributed by atoms with Crippen LogP contribution in [0.1, 0.15) is 78.2 Å². The van der Waals surface area contributed by atoms with Gasteiger partial charge in [-0.3, -0.25) is 9.59 Å². The number of ether oxygens (including phenoxy) is 4. The molecular formula is C37H48N4O8. The molecule has 2 aromatic rings. The van der Waals surface area contributed by atoms with Crippen LogP contribution in [0.15, 0.2) is 43.1 Å². The van der Waals surface area contributed by atoms with Crippen molar-refractivity contribution in [2.75, 3.05) is 20.3 Å². The molecule has 2 fully saturated rings. The van der Waals surface area contributed by atoms with E-state index in [1.165, 1.54) is 4.90 Å². The molecule has 3 heterocycles. The molecule has 5 atom stereocenters. The van der Waals surface area contributed by atoms with E-state index in [-0.39, 0.29) is 25.5 Å². The van der Waals surface area contributed by atoms with Crippen molar-refractivity contribution in [3.8, 4) is 11.6 Å². The third-order valence-electron chi connectivity index (χ3n) is 9.15. The molecule has 2 aliphatic heterocycles. The number of nitrogens with zero attached hydrogens (tertiary/aromatic N) is 2. The summed E-state index contributed by atoms with van der Waals surface area (Å²) in [6.45, 7) is 11.1. The van der Waals surface area contributed by atoms with Gasteiger partial charge in [-0.25, -0.2) is 14.6 Å². The van der Waals surface area contributed by atoms with Crippen molar-refractivity contribution in [1.82, 2.24) is 20.5 Å². The number of allylic oxidation sites excluding steroid dienone is 1. The van der Waals surface area contributed by atoms with Crippen LogP contribution in [-0.2, 0) is 23.9 Å². The number of alkyl carbamates (subject to hydrolysis) is 1. The van der Waals surface area contributed by atoms with Gasteiger partial charge in [0.05, 0.1) is 20.3 Å². The molecule has 0 unspecified atom stereocenters. The van der Waals surface area contributed by atoms with Gasteiger partial charge in [0, 0.05) is 29.5 Å². The molecule has 1 aliphatic carbocycles. The maximum atomic E-state index is 14.4. The van der Waals surface area contributed by atoms with E-state index in [1.807, 2.05) is 30.4 Å². The molecule has 0 radical (unpaired) electrons. The van der Waals surface area contributed by atoms with Crippen LogP contribution in [0.2, 0.25) is 0 Å². The van der Waals surface area contributed by atoms with Gasteiger partial charge in [-0.1, -0.05) is 37.6 Å². The summed E-state index contributed by atoms with van der Waals surface area (Å²) in [5, 5.41) is 7.30. The summed E-state index contributed by atoms with van der Waals surface area (Å²) in [5.41, 5.74) is -1.21. The zero-order chi connectivity index (χ0) is 35.3. The van der Waals surface area contributed by atoms with Gasteiger partial charge in [0.2, 0.25) is 17.7 Å². The maximum absolute atomic E-state index is 14.4. The number of methoxy groups -OCH3 is 1. The minimum atomic E-state index is -1.21. The number of amides is 3. The number of pyridine rings is 1. The van der Waals surface area contributed by atoms with Crippen LogP contribution < -0.4 is 20.1 Å². The fourth-order valence-electron chi connectivity index (χ4n) is 6.62. The topological polar surface area (TPSA) is 145 Å². The highest BCUT2D eigenvalue weighted by atomic mass is 16.6. The van der Waals surface area contributed by atoms with Crippen LogP contribution in [0, 0.1) is 5.92 Å². The first-order valence-electron chi connectivity index (χ1n) is 17.1. The Morgan fingerprint density at radius 1 is 1.20 bits per heavy atom. The zero-order valence-corrected chi connectivity index (χ0v) is 29.1. The van der Waals surface area contributed by atoms with Crippen molar-refractivity contribution >= 4 is 40.7 Å². The summed E-state index contributed by atoms with van der Waals surface area (Å²) in [5.74, 6) is -0.630. The van der Waals surface area contributed by atoms with Gasteiger partial charge >= 0.3 is 12.1 Å². The van der Waals surface area contributed by atoms with Gasteiger partial charge < -0.3 is 34.5 Å². The fourth-order valence-corrected chi connectivity index (χ4v) is 6.62. The highest BCUT2D eigenvalue weighted by Crippen LogP contribution is 2.46. The molecule has 3 amide bonds. The van der Waals surface area contributed by atoms with Gasteiger partial charge in [0.15, 0.2) is 0 Å². The van der Waals surface area contributed by atoms with Crippen molar-refractivity contribution in [3.63, 3.8) is 0 Å². The molecule has 1 saturated carbocycles. The van der Waals surface area contributed by atoms with E-state index >= 15 is 0 Å². The third kappa shape index (κ3) is 8.17. The van der Waals surface area contributed by atoms with E-state index < -0.39 is 53.2 Å². The molecule has 0 spiro atoms. The number of hydrogen-bond donors (Lipinski definition) is 2. The SMILES string of the molecule is C=Cc1cc2c(O[C@@H]3C[C@H]4C(=O)N[C@]5(C(=O)OCC)C[C@H]5C=CCCCCC[C@H](NC(=O)OC(C)(C)C)C(=O)N4C3)nccc2cc1OC. The second-order valence-corrected chi connectivity index (χ2v) is 13.9. The van der Waals surface area contributed by atoms with Gasteiger partial charge in [0.25, 0.3) is 0 Å². The summed E-state index contributed by atoms with van der Waals surface area (Å²) in [4.78, 5) is 60.6. The molecule has 5 rings (SSSR count). The number of fused-ring (bicyclic) bond motifs is 3. The monoisotopic (exact) mass is 676 g/mol. The lowest BCUT2D eigenvalue weighted by atomic mass is 10.0. The molecule has 264 valence electrons. The predicted molar refractivity (Wildman–Crippen MR) is 184 cm³/mol. The largest absolute Gasteiger partial charge is 0.496 e. The minimum Gasteiger partial charge on any atom is -0.496 e. The van der Waals surface area contributed by atoms with Crippen molar-refractivity contribution in [1.29, 1.82) is 0 Å². The molecular weight excluding hydrogens is 628 g/mol. The number of hydrogen-bond acceptors (Lipinski definition) is 9. The van der Waals surface area contributed by atoms with Crippen LogP contribution in [0.25, 0.3) is 16.8 Å². The molecule has 3 aliphatic rings. The highest BCUT2D eigenvalue weighted by Gasteiger charge is 2.62. The van der Waals surface area contributed by atoms with E-state index in [4.69, 9.17) is 18.9 Å². The second kappa shape index (κ2) is 14.9. The Balaban J connectivity index is 1.48. The Morgan fingerprint density at radius 3 is 2.71 bits per heavy atom. The van der Waals surface area contributed by atoms with Crippen molar-refractivity contribution in [2.45, 2.75) is 102 Å². The van der Waals surface area contributed by atoms with Crippen molar-refractivity contribution in [3.05, 3.63) is 48.7 Å². The Bertz CT molecular complexity index is 1620. The fraction of sp³-hybridized carbons (Fsp3) is 0.541. The Labute approximate surface area is 287 Å². The standard InChI is InChI=1S/C37H48N4O8/c1-7-23-18-27-24(19-30(23)46-6)16-17-38-32(27)48-26-20-29-31(42)40-37(34(44)47-8-2)21-25(37)14-12-10-9-11-13-15-28(33(43)41(29)22-26)39-35(45)49-36(3,4)5/h7,12,14,16-19,25-26,28-29H,1,8-11,13,15,20-22H2,2-6H3,(H,39,45)(H,40,42)/t25-,26-,28+,29+,37-/m1/s1. The van der Waals surface area contributed by atoms with Crippen LogP contribution in [0.3, 0.4) is 0 Å². The summed E-state index contributed by atoms with van der Waals surface area (Å²) >= 11 is 0. The Hall–Kier alpha value is -4.61. The lowest BCUT2D eigenvalue weighted by Gasteiger charge is -2.30. The number of esters is 1. The van der Waals surface area contributed by atoms with Crippen LogP contribution in [0.5, 0.6) is 11.6 Å². The first-order chi connectivity index (χ1) is 23.4. The van der Waals surface area contributed by atoms with Crippen LogP contribution >= 0.6 is 0 Å². The average Bonchev–Trinajstić information content (AvgIpc) is 3.58. The summed E-state index contributed by atoms with van der Waals surface area (Å²) in [6.07, 6.45) is 10.1. The number of carbonyl (C=O) groups is 4. The molecule has 12 heteroatoms. The lowest BCUT2D eigenvalue weighted by Crippen LogP contribution is -2.56. The van der Waals surface area contributed by atoms with E-state index in [0.717, 1.165) is 35.6 Å². The number of rotatable bonds is 7. The van der Waals surface area contributed by atoms with E-state index in [0.29, 0.717) is 30.9 Å². The van der Waals surface area contributed by atoms with E-state index in [1.54, 1.807) is 47.1 Å². The minimum absolute atomic E-state index is 0.0572. The van der Waals surface area contributed by atoms with Gasteiger partial charge in [-0.15, -0.1) is 0 Å². The maximum Gasteiger partial charge on any atom is 0.408 e. The number of nitrogens with one attached hydrogen (secondary N) is 2. The normalized spacial score (nSPS) is 25.9. The average molecular weight is 677 g/mol. The third-order valence-corrected chi connectivity index (χ3v) is 9.15. The predicted octanol–water partition coefficient (Wildman–Crippen LogP) is 5.09. The molecule has 12 nitrogen and oxygen atoms in total. The summed E-state index contributed by atoms with van der Waals surface area (Å²) in [7, 11) is 1.59. The van der Waals surface area contributed by atoms with E-state index in [9.17, 15) is 19.2 Å². The highest BCUT2D eigenvalue weighted by molar-refractivity contribution is 5.97. The van der Waals surface area contributed by atoms with Crippen LogP contribution in [-0.4, -0.2) is 83.3 Å². The zero-order valence-electron chi connectivity index (χ0n) is 29.1. The summed E-state index contributed by atoms with van der Waals surface area (Å²) in [6, 6.07) is 3.67. The van der Waals surface area contributed by atoms with Crippen LogP contribution in [0.4, 0.5) is 4.79 Å². The summed E-state index contributed by atoms with van der Waals surface area (Å²) < 4.78 is 22.9. The molecule has 2 N–H and O–H groups in total. The van der Waals surface area contributed by atoms with Gasteiger partial charge in [-0.2, -0.15) is 0 Å². The first-order valence-corrected chi connectivity index (χ1v) is 17.1. The molecule has 49 heavy (non-hydrogen) atoms. The van der Waals surface area contributed by atoms with Gasteiger partial charge in [-0.05, 0) is 77.0 Å². The number of benzene rings is 1. The molecule has 0 bridgehead atoms. The lowest BCUT2D eigenvalue weighted by molar-refractivity contribution is -0.150. The molecule has 1 aromatic carbocycles. The smallest absolute Gasteiger partial charge is 0.408 e. The van der Waals surface area contributed by atoms with Gasteiger partial charge in [0.1, 0.15) is 35.1 Å². The van der Waals surface area contributed by atoms with E-state index in [2.05, 4.69) is 22.2 Å². The second-order valence-electron chi connectivity index (χ2n) is 13.9. The van der Waals surface area contributed by atoms with Crippen molar-refractivity contribution in [2.24, 2.45) is 5.92 Å².